The lowest BCUT2D eigenvalue weighted by atomic mass is 10.0. The second kappa shape index (κ2) is 28.1. The van der Waals surface area contributed by atoms with Crippen LogP contribution in [-0.2, 0) is 52.8 Å². The smallest absolute Gasteiger partial charge is 0.245 e. The number of aliphatic hydroxyl groups is 3. The van der Waals surface area contributed by atoms with Crippen LogP contribution in [-0.4, -0.2) is 147 Å². The molecular weight excluding hydrogens is 953 g/mol. The van der Waals surface area contributed by atoms with E-state index in [4.69, 9.17) is 18.3 Å². The van der Waals surface area contributed by atoms with Crippen LogP contribution in [0.4, 0.5) is 0 Å². The van der Waals surface area contributed by atoms with Crippen LogP contribution in [0.2, 0.25) is 0 Å². The summed E-state index contributed by atoms with van der Waals surface area (Å²) in [5.41, 5.74) is 14.1. The molecule has 22 heteroatoms. The number of nitrogens with one attached hydrogen (secondary N) is 8. The molecular formula is C49H66N10O10S2. The maximum Gasteiger partial charge on any atom is 0.245 e. The van der Waals surface area contributed by atoms with Gasteiger partial charge in [-0.25, -0.2) is 0 Å². The maximum absolute atomic E-state index is 14.8. The molecule has 1 aromatic heterocycles. The molecule has 5 rings (SSSR count). The summed E-state index contributed by atoms with van der Waals surface area (Å²) in [7, 11) is 1.64. The molecule has 71 heavy (non-hydrogen) atoms. The van der Waals surface area contributed by atoms with E-state index in [0.29, 0.717) is 22.0 Å². The fourth-order valence-electron chi connectivity index (χ4n) is 7.38. The number of hydrogen-bond donors (Lipinski definition) is 13. The van der Waals surface area contributed by atoms with Gasteiger partial charge in [-0.1, -0.05) is 100 Å². The molecule has 1 unspecified atom stereocenters. The lowest BCUT2D eigenvalue weighted by Gasteiger charge is -2.29. The first kappa shape index (κ1) is 47.3. The van der Waals surface area contributed by atoms with E-state index < -0.39 is 127 Å². The number of rotatable bonds is 17. The predicted octanol–water partition coefficient (Wildman–Crippen LogP) is -0.805. The number of H-pyrrole nitrogens is 1. The van der Waals surface area contributed by atoms with E-state index in [1.54, 1.807) is 84.9 Å². The highest BCUT2D eigenvalue weighted by atomic mass is 33.1. The summed E-state index contributed by atoms with van der Waals surface area (Å²) < 4.78 is 50.7. The highest BCUT2D eigenvalue weighted by Gasteiger charge is 2.36. The average molecular weight is 1030 g/mol. The van der Waals surface area contributed by atoms with Gasteiger partial charge in [0.05, 0.1) is 35.0 Å². The molecule has 0 bridgehead atoms. The molecule has 0 radical (unpaired) electrons. The van der Waals surface area contributed by atoms with Crippen LogP contribution >= 0.6 is 21.6 Å². The second-order valence-electron chi connectivity index (χ2n) is 16.8. The number of aliphatic hydroxyl groups excluding tert-OH is 2. The average Bonchev–Trinajstić information content (AvgIpc) is 3.70. The van der Waals surface area contributed by atoms with Crippen molar-refractivity contribution in [3.05, 3.63) is 108 Å². The summed E-state index contributed by atoms with van der Waals surface area (Å²) in [5, 5.41) is 48.9. The molecule has 1 fully saturated rings. The number of carbonyl (C=O) groups is 7. The van der Waals surface area contributed by atoms with E-state index in [-0.39, 0.29) is 56.1 Å². The van der Waals surface area contributed by atoms with E-state index in [2.05, 4.69) is 36.9 Å². The monoisotopic (exact) mass is 1020 g/mol. The fraction of sp³-hybridized carbons (Fsp3) is 0.449. The van der Waals surface area contributed by atoms with Gasteiger partial charge >= 0.3 is 0 Å². The molecule has 7 amide bonds. The number of aromatic nitrogens is 1. The zero-order valence-electron chi connectivity index (χ0n) is 44.9. The minimum Gasteiger partial charge on any atom is -0.394 e. The number of aromatic amines is 1. The highest BCUT2D eigenvalue weighted by molar-refractivity contribution is 8.76. The third-order valence-electron chi connectivity index (χ3n) is 11.4. The van der Waals surface area contributed by atoms with Gasteiger partial charge in [0, 0.05) is 45.5 Å². The molecule has 2 heterocycles. The quantitative estimate of drug-likeness (QED) is 0.0455. The van der Waals surface area contributed by atoms with Crippen LogP contribution in [0.25, 0.3) is 10.9 Å². The molecule has 3 aromatic carbocycles. The Labute approximate surface area is 428 Å². The minimum absolute atomic E-state index is 0.0562. The summed E-state index contributed by atoms with van der Waals surface area (Å²) in [5.74, 6) is -9.08. The molecule has 384 valence electrons. The number of carbonyl (C=O) groups excluding carboxylic acids is 7. The predicted molar refractivity (Wildman–Crippen MR) is 272 cm³/mol. The molecule has 1 aliphatic heterocycles. The standard InChI is InChI=1S/C49H66N10O10S2/c1-28(61)39(25-60)56-48(68)41-27-71-70-26-40(57-43(63)34(51)21-30-13-5-3-6-14-30)47(67)54-37(22-31-15-7-4-8-16-31)45(65)55-38(23-32-24-52-35-18-10-9-17-33(32)35)46(66)53-36(19-11-12-20-50)44(64)59-42(29(2)62)49(69)58-41/h3-10,13-18,24,28-29,34,36-42,52,60-62H,11-12,19-23,25-27,50-51H2,1-2H3,(H,53,66)(H,54,67)(H,55,65)(H,56,68)(H,57,63)(H,58,69)(H,59,64)/t28-,29-,34-,36+,37+,38-,39?,40-,41-,42-/m1/s1/i2D3,24D,29D,42D. The van der Waals surface area contributed by atoms with Gasteiger partial charge in [-0.3, -0.25) is 33.6 Å². The number of benzene rings is 3. The number of unbranched alkanes of at least 4 members (excludes halogenated alkanes) is 1. The van der Waals surface area contributed by atoms with Gasteiger partial charge in [0.1, 0.15) is 36.2 Å². The second-order valence-corrected chi connectivity index (χ2v) is 19.4. The van der Waals surface area contributed by atoms with Crippen molar-refractivity contribution in [1.29, 1.82) is 0 Å². The Bertz CT molecular complexity index is 2680. The zero-order chi connectivity index (χ0) is 56.7. The minimum atomic E-state index is -4.19. The molecule has 10 atom stereocenters. The van der Waals surface area contributed by atoms with Crippen molar-refractivity contribution in [3.8, 4) is 0 Å². The number of hydrogen-bond acceptors (Lipinski definition) is 14. The van der Waals surface area contributed by atoms with Gasteiger partial charge < -0.3 is 69.0 Å². The number of fused-ring (bicyclic) bond motifs is 1. The van der Waals surface area contributed by atoms with Crippen molar-refractivity contribution in [1.82, 2.24) is 42.2 Å². The fourth-order valence-corrected chi connectivity index (χ4v) is 9.71. The summed E-state index contributed by atoms with van der Waals surface area (Å²) in [6.45, 7) is -3.41. The largest absolute Gasteiger partial charge is 0.394 e. The van der Waals surface area contributed by atoms with Crippen molar-refractivity contribution in [3.63, 3.8) is 0 Å². The van der Waals surface area contributed by atoms with Gasteiger partial charge in [-0.15, -0.1) is 0 Å². The zero-order valence-corrected chi connectivity index (χ0v) is 40.6. The van der Waals surface area contributed by atoms with Crippen LogP contribution in [0.1, 0.15) is 58.0 Å². The third-order valence-corrected chi connectivity index (χ3v) is 13.8. The Hall–Kier alpha value is -6.01. The SMILES string of the molecule is [2H]c1[nH]c2ccccc2c1C[C@H]1NC(=O)[C@H](Cc2ccccc2)NC(=O)[C@H](NC(=O)[C@H](N)Cc2ccccc2)CSSC[C@H](C(=O)NC(CO)[C@@H](C)O)NC(=O)[C@@]([2H])([C@]([2H])(O)C([2H])([2H])[2H])NC(=O)[C@H](CCCCN)NC1=O. The molecule has 0 aliphatic carbocycles. The first-order chi connectivity index (χ1) is 36.4. The highest BCUT2D eigenvalue weighted by Crippen LogP contribution is 2.24. The molecule has 20 nitrogen and oxygen atoms in total. The van der Waals surface area contributed by atoms with Crippen molar-refractivity contribution in [2.45, 2.75) is 113 Å². The van der Waals surface area contributed by atoms with E-state index in [9.17, 15) is 50.3 Å². The molecule has 0 spiro atoms. The summed E-state index contributed by atoms with van der Waals surface area (Å²) in [4.78, 5) is 104. The molecule has 1 saturated heterocycles. The van der Waals surface area contributed by atoms with Crippen molar-refractivity contribution in [2.24, 2.45) is 11.5 Å². The van der Waals surface area contributed by atoms with E-state index in [1.165, 1.54) is 6.92 Å². The topological polar surface area (TPSA) is 332 Å². The number of para-hydroxylation sites is 1. The molecule has 4 aromatic rings. The Morgan fingerprint density at radius 3 is 2.07 bits per heavy atom. The summed E-state index contributed by atoms with van der Waals surface area (Å²) in [6.07, 6.45) is -6.22. The van der Waals surface area contributed by atoms with Crippen LogP contribution in [0.5, 0.6) is 0 Å². The third kappa shape index (κ3) is 17.1. The Balaban J connectivity index is 1.66. The first-order valence-corrected chi connectivity index (χ1v) is 25.4. The van der Waals surface area contributed by atoms with E-state index >= 15 is 0 Å². The lowest BCUT2D eigenvalue weighted by molar-refractivity contribution is -0.136. The van der Waals surface area contributed by atoms with Crippen LogP contribution < -0.4 is 48.7 Å². The Kier molecular flexibility index (Phi) is 18.8. The normalized spacial score (nSPS) is 25.7. The van der Waals surface area contributed by atoms with Crippen molar-refractivity contribution >= 4 is 73.8 Å². The first-order valence-electron chi connectivity index (χ1n) is 25.9. The lowest BCUT2D eigenvalue weighted by Crippen LogP contribution is -2.62. The van der Waals surface area contributed by atoms with Gasteiger partial charge in [-0.05, 0) is 68.8 Å². The molecule has 15 N–H and O–H groups in total. The molecule has 1 aliphatic rings. The maximum atomic E-state index is 14.8. The number of amides is 7. The van der Waals surface area contributed by atoms with Crippen LogP contribution in [0, 0.1) is 0 Å². The Morgan fingerprint density at radius 2 is 1.41 bits per heavy atom. The van der Waals surface area contributed by atoms with Crippen LogP contribution in [0.3, 0.4) is 0 Å². The van der Waals surface area contributed by atoms with Gasteiger partial charge in [0.15, 0.2) is 0 Å². The van der Waals surface area contributed by atoms with Gasteiger partial charge in [-0.2, -0.15) is 0 Å². The Morgan fingerprint density at radius 1 is 0.803 bits per heavy atom. The summed E-state index contributed by atoms with van der Waals surface area (Å²) >= 11 is 0. The van der Waals surface area contributed by atoms with Crippen molar-refractivity contribution < 1.29 is 57.1 Å². The number of nitrogens with two attached hydrogens (primary N) is 2. The van der Waals surface area contributed by atoms with E-state index in [0.717, 1.165) is 21.6 Å². The van der Waals surface area contributed by atoms with Crippen LogP contribution in [0.15, 0.2) is 91.1 Å². The van der Waals surface area contributed by atoms with Crippen molar-refractivity contribution in [2.75, 3.05) is 24.7 Å². The molecule has 0 saturated carbocycles. The van der Waals surface area contributed by atoms with E-state index in [1.807, 2.05) is 5.32 Å². The van der Waals surface area contributed by atoms with Gasteiger partial charge in [0.2, 0.25) is 41.4 Å². The summed E-state index contributed by atoms with van der Waals surface area (Å²) in [6, 6.07) is 9.19. The van der Waals surface area contributed by atoms with Gasteiger partial charge in [0.25, 0.3) is 0 Å².